The summed E-state index contributed by atoms with van der Waals surface area (Å²) in [6.07, 6.45) is 2.22. The van der Waals surface area contributed by atoms with Gasteiger partial charge >= 0.3 is 0 Å². The zero-order valence-corrected chi connectivity index (χ0v) is 10.8. The summed E-state index contributed by atoms with van der Waals surface area (Å²) in [6.45, 7) is 3.05. The maximum Gasteiger partial charge on any atom is 0.163 e. The van der Waals surface area contributed by atoms with E-state index in [0.717, 1.165) is 25.2 Å². The van der Waals surface area contributed by atoms with Crippen LogP contribution in [0.25, 0.3) is 0 Å². The minimum Gasteiger partial charge on any atom is -0.325 e. The van der Waals surface area contributed by atoms with Gasteiger partial charge in [0.05, 0.1) is 0 Å². The van der Waals surface area contributed by atoms with Crippen LogP contribution in [0.15, 0.2) is 30.3 Å². The molecule has 19 heavy (non-hydrogen) atoms. The normalized spacial score (nSPS) is 13.8. The van der Waals surface area contributed by atoms with E-state index in [1.807, 2.05) is 12.1 Å². The van der Waals surface area contributed by atoms with E-state index in [9.17, 15) is 0 Å². The lowest BCUT2D eigenvalue weighted by molar-refractivity contribution is 0.752. The summed E-state index contributed by atoms with van der Waals surface area (Å²) >= 11 is 0. The first-order valence-electron chi connectivity index (χ1n) is 6.39. The van der Waals surface area contributed by atoms with Crippen molar-refractivity contribution in [1.29, 1.82) is 5.26 Å². The highest BCUT2D eigenvalue weighted by atomic mass is 15.3. The van der Waals surface area contributed by atoms with Gasteiger partial charge in [-0.1, -0.05) is 17.7 Å². The third kappa shape index (κ3) is 2.15. The fourth-order valence-electron chi connectivity index (χ4n) is 2.49. The molecule has 1 aromatic carbocycles. The van der Waals surface area contributed by atoms with Crippen LogP contribution < -0.4 is 4.90 Å². The van der Waals surface area contributed by atoms with Crippen molar-refractivity contribution >= 4 is 11.5 Å². The topological polar surface area (TPSA) is 52.8 Å². The first-order valence-corrected chi connectivity index (χ1v) is 6.39. The van der Waals surface area contributed by atoms with Gasteiger partial charge in [-0.25, -0.2) is 0 Å². The molecule has 0 bridgehead atoms. The summed E-state index contributed by atoms with van der Waals surface area (Å²) < 4.78 is 0. The monoisotopic (exact) mass is 250 g/mol. The summed E-state index contributed by atoms with van der Waals surface area (Å²) in [5.41, 5.74) is 4.20. The molecule has 0 atom stereocenters. The molecule has 3 rings (SSSR count). The summed E-state index contributed by atoms with van der Waals surface area (Å²) in [6, 6.07) is 12.1. The van der Waals surface area contributed by atoms with E-state index in [0.29, 0.717) is 5.69 Å². The van der Waals surface area contributed by atoms with Crippen molar-refractivity contribution in [1.82, 2.24) is 10.2 Å². The second kappa shape index (κ2) is 4.69. The summed E-state index contributed by atoms with van der Waals surface area (Å²) in [5.74, 6) is 0.809. The average Bonchev–Trinajstić information content (AvgIpc) is 2.46. The van der Waals surface area contributed by atoms with Crippen LogP contribution in [0.2, 0.25) is 0 Å². The third-order valence-corrected chi connectivity index (χ3v) is 3.40. The third-order valence-electron chi connectivity index (χ3n) is 3.40. The van der Waals surface area contributed by atoms with Gasteiger partial charge in [-0.2, -0.15) is 5.26 Å². The quantitative estimate of drug-likeness (QED) is 0.781. The Bertz CT molecular complexity index is 640. The van der Waals surface area contributed by atoms with Crippen LogP contribution in [0, 0.1) is 18.3 Å². The largest absolute Gasteiger partial charge is 0.325 e. The number of fused-ring (bicyclic) bond motifs is 1. The predicted molar refractivity (Wildman–Crippen MR) is 73.3 cm³/mol. The number of aryl methyl sites for hydroxylation is 2. The molecule has 0 N–H and O–H groups in total. The van der Waals surface area contributed by atoms with E-state index in [1.165, 1.54) is 16.8 Å². The van der Waals surface area contributed by atoms with Crippen molar-refractivity contribution < 1.29 is 0 Å². The van der Waals surface area contributed by atoms with Crippen molar-refractivity contribution in [3.05, 3.63) is 47.2 Å². The molecule has 0 saturated carbocycles. The fourth-order valence-corrected chi connectivity index (χ4v) is 2.49. The number of rotatable bonds is 1. The highest BCUT2D eigenvalue weighted by Crippen LogP contribution is 2.32. The summed E-state index contributed by atoms with van der Waals surface area (Å²) in [4.78, 5) is 2.17. The van der Waals surface area contributed by atoms with E-state index < -0.39 is 0 Å². The first kappa shape index (κ1) is 11.7. The van der Waals surface area contributed by atoms with Gasteiger partial charge in [0.25, 0.3) is 0 Å². The molecule has 4 heteroatoms. The van der Waals surface area contributed by atoms with E-state index in [4.69, 9.17) is 5.26 Å². The molecule has 0 amide bonds. The molecule has 0 radical (unpaired) electrons. The molecule has 0 aliphatic carbocycles. The standard InChI is InChI=1S/C15H14N4/c1-11-4-6-14-12(9-11)3-2-8-19(14)15-7-5-13(10-16)17-18-15/h4-7,9H,2-3,8H2,1H3. The van der Waals surface area contributed by atoms with Crippen molar-refractivity contribution in [2.24, 2.45) is 0 Å². The highest BCUT2D eigenvalue weighted by molar-refractivity contribution is 5.65. The number of hydrogen-bond donors (Lipinski definition) is 0. The molecule has 4 nitrogen and oxygen atoms in total. The minimum atomic E-state index is 0.352. The second-order valence-corrected chi connectivity index (χ2v) is 4.78. The van der Waals surface area contributed by atoms with Crippen LogP contribution in [0.3, 0.4) is 0 Å². The van der Waals surface area contributed by atoms with Crippen LogP contribution >= 0.6 is 0 Å². The maximum atomic E-state index is 8.76. The SMILES string of the molecule is Cc1ccc2c(c1)CCCN2c1ccc(C#N)nn1. The Labute approximate surface area is 112 Å². The molecule has 1 aliphatic heterocycles. The van der Waals surface area contributed by atoms with E-state index >= 15 is 0 Å². The Balaban J connectivity index is 2.01. The van der Waals surface area contributed by atoms with Gasteiger partial charge in [0.1, 0.15) is 6.07 Å². The number of anilines is 2. The molecule has 0 spiro atoms. The van der Waals surface area contributed by atoms with E-state index in [-0.39, 0.29) is 0 Å². The predicted octanol–water partition coefficient (Wildman–Crippen LogP) is 2.74. The zero-order valence-electron chi connectivity index (χ0n) is 10.8. The molecule has 94 valence electrons. The molecule has 0 fully saturated rings. The lowest BCUT2D eigenvalue weighted by atomic mass is 9.99. The number of nitrogens with zero attached hydrogens (tertiary/aromatic N) is 4. The Morgan fingerprint density at radius 1 is 1.21 bits per heavy atom. The van der Waals surface area contributed by atoms with Gasteiger partial charge in [-0.15, -0.1) is 10.2 Å². The lowest BCUT2D eigenvalue weighted by Crippen LogP contribution is -2.25. The van der Waals surface area contributed by atoms with Gasteiger partial charge in [0.2, 0.25) is 0 Å². The summed E-state index contributed by atoms with van der Waals surface area (Å²) in [5, 5.41) is 16.8. The number of benzene rings is 1. The fraction of sp³-hybridized carbons (Fsp3) is 0.267. The average molecular weight is 250 g/mol. The van der Waals surface area contributed by atoms with Gasteiger partial charge in [-0.3, -0.25) is 0 Å². The second-order valence-electron chi connectivity index (χ2n) is 4.78. The van der Waals surface area contributed by atoms with Gasteiger partial charge in [-0.05, 0) is 43.5 Å². The molecular formula is C15H14N4. The van der Waals surface area contributed by atoms with Crippen LogP contribution in [0.1, 0.15) is 23.2 Å². The Morgan fingerprint density at radius 3 is 2.84 bits per heavy atom. The zero-order chi connectivity index (χ0) is 13.2. The minimum absolute atomic E-state index is 0.352. The van der Waals surface area contributed by atoms with Crippen molar-refractivity contribution in [3.63, 3.8) is 0 Å². The molecule has 0 unspecified atom stereocenters. The first-order chi connectivity index (χ1) is 9.28. The Hall–Kier alpha value is -2.41. The Morgan fingerprint density at radius 2 is 2.11 bits per heavy atom. The van der Waals surface area contributed by atoms with Crippen molar-refractivity contribution in [2.75, 3.05) is 11.4 Å². The number of hydrogen-bond acceptors (Lipinski definition) is 4. The van der Waals surface area contributed by atoms with Gasteiger partial charge in [0, 0.05) is 12.2 Å². The Kier molecular flexibility index (Phi) is 2.88. The molecule has 2 heterocycles. The number of nitriles is 1. The van der Waals surface area contributed by atoms with Gasteiger partial charge in [0.15, 0.2) is 11.5 Å². The van der Waals surface area contributed by atoms with E-state index in [2.05, 4.69) is 40.2 Å². The van der Waals surface area contributed by atoms with Crippen LogP contribution in [0.4, 0.5) is 11.5 Å². The maximum absolute atomic E-state index is 8.76. The summed E-state index contributed by atoms with van der Waals surface area (Å²) in [7, 11) is 0. The molecule has 1 aliphatic rings. The highest BCUT2D eigenvalue weighted by Gasteiger charge is 2.19. The molecule has 1 aromatic heterocycles. The van der Waals surface area contributed by atoms with Crippen molar-refractivity contribution in [3.8, 4) is 6.07 Å². The van der Waals surface area contributed by atoms with Crippen LogP contribution in [-0.4, -0.2) is 16.7 Å². The van der Waals surface area contributed by atoms with Crippen molar-refractivity contribution in [2.45, 2.75) is 19.8 Å². The smallest absolute Gasteiger partial charge is 0.163 e. The lowest BCUT2D eigenvalue weighted by Gasteiger charge is -2.30. The molecule has 0 saturated heterocycles. The molecule has 2 aromatic rings. The van der Waals surface area contributed by atoms with Gasteiger partial charge < -0.3 is 4.90 Å². The number of aromatic nitrogens is 2. The van der Waals surface area contributed by atoms with Crippen LogP contribution in [0.5, 0.6) is 0 Å². The van der Waals surface area contributed by atoms with Crippen LogP contribution in [-0.2, 0) is 6.42 Å². The molecular weight excluding hydrogens is 236 g/mol. The van der Waals surface area contributed by atoms with E-state index in [1.54, 1.807) is 6.07 Å².